The third-order valence-electron chi connectivity index (χ3n) is 6.30. The van der Waals surface area contributed by atoms with Gasteiger partial charge in [0.05, 0.1) is 11.2 Å². The van der Waals surface area contributed by atoms with Crippen molar-refractivity contribution in [2.75, 3.05) is 6.54 Å². The summed E-state index contributed by atoms with van der Waals surface area (Å²) in [5.41, 5.74) is 7.12. The number of hydrogen-bond acceptors (Lipinski definition) is 3. The minimum absolute atomic E-state index is 0.557. The van der Waals surface area contributed by atoms with Crippen molar-refractivity contribution in [1.29, 1.82) is 0 Å². The fourth-order valence-corrected chi connectivity index (χ4v) is 4.76. The molecule has 1 aliphatic rings. The minimum atomic E-state index is 0.557. The summed E-state index contributed by atoms with van der Waals surface area (Å²) in [5.74, 6) is 0.865. The fourth-order valence-electron chi connectivity index (χ4n) is 4.76. The summed E-state index contributed by atoms with van der Waals surface area (Å²) in [4.78, 5) is 5.17. The molecule has 0 unspecified atom stereocenters. The van der Waals surface area contributed by atoms with Gasteiger partial charge >= 0.3 is 0 Å². The molecular formula is C29H24N2O. The summed E-state index contributed by atoms with van der Waals surface area (Å²) in [5, 5.41) is 7.42. The molecular weight excluding hydrogens is 392 g/mol. The van der Waals surface area contributed by atoms with Gasteiger partial charge in [-0.25, -0.2) is 4.98 Å². The van der Waals surface area contributed by atoms with Gasteiger partial charge in [0.2, 0.25) is 0 Å². The van der Waals surface area contributed by atoms with Crippen molar-refractivity contribution in [3.63, 3.8) is 0 Å². The van der Waals surface area contributed by atoms with Crippen LogP contribution in [0.3, 0.4) is 0 Å². The molecule has 0 saturated heterocycles. The number of ether oxygens (including phenoxy) is 1. The molecule has 0 saturated carbocycles. The normalized spacial score (nSPS) is 13.2. The predicted molar refractivity (Wildman–Crippen MR) is 131 cm³/mol. The van der Waals surface area contributed by atoms with E-state index in [0.29, 0.717) is 6.61 Å². The highest BCUT2D eigenvalue weighted by Crippen LogP contribution is 2.36. The van der Waals surface area contributed by atoms with Gasteiger partial charge in [-0.15, -0.1) is 0 Å². The maximum atomic E-state index is 6.10. The third-order valence-corrected chi connectivity index (χ3v) is 6.30. The molecule has 6 rings (SSSR count). The van der Waals surface area contributed by atoms with Crippen LogP contribution in [-0.4, -0.2) is 11.5 Å². The van der Waals surface area contributed by atoms with Gasteiger partial charge in [-0.3, -0.25) is 0 Å². The Labute approximate surface area is 187 Å². The molecule has 0 amide bonds. The number of nitrogens with zero attached hydrogens (tertiary/aromatic N) is 1. The van der Waals surface area contributed by atoms with Gasteiger partial charge in [0.15, 0.2) is 0 Å². The van der Waals surface area contributed by atoms with Gasteiger partial charge < -0.3 is 10.1 Å². The van der Waals surface area contributed by atoms with E-state index in [4.69, 9.17) is 9.72 Å². The number of hydrogen-bond donors (Lipinski definition) is 1. The van der Waals surface area contributed by atoms with Crippen LogP contribution in [0.15, 0.2) is 91.0 Å². The molecule has 0 spiro atoms. The van der Waals surface area contributed by atoms with Crippen LogP contribution in [0.5, 0.6) is 5.75 Å². The molecule has 2 heterocycles. The Bertz CT molecular complexity index is 1430. The lowest BCUT2D eigenvalue weighted by atomic mass is 9.90. The first-order chi connectivity index (χ1) is 15.9. The second kappa shape index (κ2) is 8.10. The molecule has 0 radical (unpaired) electrons. The van der Waals surface area contributed by atoms with Crippen molar-refractivity contribution in [3.05, 3.63) is 108 Å². The van der Waals surface area contributed by atoms with Gasteiger partial charge in [0.1, 0.15) is 12.4 Å². The average molecular weight is 417 g/mol. The number of benzene rings is 4. The SMILES string of the molecule is c1ccc(COc2cccc(-c3nc4ccc5ccccc5c4c4c3CNCC4)c2)cc1. The van der Waals surface area contributed by atoms with Crippen molar-refractivity contribution >= 4 is 21.7 Å². The molecule has 0 aliphatic carbocycles. The van der Waals surface area contributed by atoms with Crippen molar-refractivity contribution in [2.24, 2.45) is 0 Å². The Morgan fingerprint density at radius 2 is 1.69 bits per heavy atom. The first-order valence-electron chi connectivity index (χ1n) is 11.2. The topological polar surface area (TPSA) is 34.1 Å². The van der Waals surface area contributed by atoms with E-state index in [1.54, 1.807) is 0 Å². The zero-order valence-corrected chi connectivity index (χ0v) is 17.8. The summed E-state index contributed by atoms with van der Waals surface area (Å²) >= 11 is 0. The average Bonchev–Trinajstić information content (AvgIpc) is 2.87. The van der Waals surface area contributed by atoms with Crippen LogP contribution in [0.25, 0.3) is 32.9 Å². The molecule has 32 heavy (non-hydrogen) atoms. The standard InChI is InChI=1S/C29H24N2O/c1-2-7-20(8-3-1)19-32-23-11-6-10-22(17-23)29-26-18-30-16-15-25(26)28-24-12-5-4-9-21(24)13-14-27(28)31-29/h1-14,17,30H,15-16,18-19H2. The molecule has 0 atom stereocenters. The molecule has 5 aromatic rings. The second-order valence-electron chi connectivity index (χ2n) is 8.33. The van der Waals surface area contributed by atoms with Gasteiger partial charge in [-0.1, -0.05) is 72.8 Å². The van der Waals surface area contributed by atoms with Crippen LogP contribution < -0.4 is 10.1 Å². The Hall–Kier alpha value is -3.69. The maximum absolute atomic E-state index is 6.10. The second-order valence-corrected chi connectivity index (χ2v) is 8.33. The largest absolute Gasteiger partial charge is 0.489 e. The number of rotatable bonds is 4. The lowest BCUT2D eigenvalue weighted by Gasteiger charge is -2.23. The Balaban J connectivity index is 1.46. The van der Waals surface area contributed by atoms with Crippen molar-refractivity contribution in [2.45, 2.75) is 19.6 Å². The molecule has 1 N–H and O–H groups in total. The summed E-state index contributed by atoms with van der Waals surface area (Å²) in [7, 11) is 0. The maximum Gasteiger partial charge on any atom is 0.120 e. The van der Waals surface area contributed by atoms with Crippen molar-refractivity contribution in [1.82, 2.24) is 10.3 Å². The summed E-state index contributed by atoms with van der Waals surface area (Å²) in [6, 6.07) is 31.6. The number of aromatic nitrogens is 1. The molecule has 3 heteroatoms. The fraction of sp³-hybridized carbons (Fsp3) is 0.138. The van der Waals surface area contributed by atoms with E-state index in [0.717, 1.165) is 47.6 Å². The molecule has 0 fully saturated rings. The van der Waals surface area contributed by atoms with Crippen LogP contribution in [0.4, 0.5) is 0 Å². The highest BCUT2D eigenvalue weighted by molar-refractivity contribution is 6.09. The number of fused-ring (bicyclic) bond motifs is 5. The monoisotopic (exact) mass is 416 g/mol. The van der Waals surface area contributed by atoms with Gasteiger partial charge in [-0.05, 0) is 58.6 Å². The zero-order chi connectivity index (χ0) is 21.3. The van der Waals surface area contributed by atoms with Gasteiger partial charge in [0.25, 0.3) is 0 Å². The lowest BCUT2D eigenvalue weighted by molar-refractivity contribution is 0.306. The summed E-state index contributed by atoms with van der Waals surface area (Å²) in [6.07, 6.45) is 1.01. The summed E-state index contributed by atoms with van der Waals surface area (Å²) < 4.78 is 6.10. The van der Waals surface area contributed by atoms with E-state index < -0.39 is 0 Å². The first-order valence-corrected chi connectivity index (χ1v) is 11.2. The third kappa shape index (κ3) is 3.41. The Morgan fingerprint density at radius 1 is 0.812 bits per heavy atom. The van der Waals surface area contributed by atoms with Crippen LogP contribution in [0.2, 0.25) is 0 Å². The molecule has 1 aliphatic heterocycles. The quantitative estimate of drug-likeness (QED) is 0.350. The van der Waals surface area contributed by atoms with E-state index >= 15 is 0 Å². The van der Waals surface area contributed by atoms with E-state index in [-0.39, 0.29) is 0 Å². The molecule has 3 nitrogen and oxygen atoms in total. The van der Waals surface area contributed by atoms with Gasteiger partial charge in [0, 0.05) is 17.5 Å². The molecule has 156 valence electrons. The smallest absolute Gasteiger partial charge is 0.120 e. The number of nitrogens with one attached hydrogen (secondary N) is 1. The van der Waals surface area contributed by atoms with Crippen LogP contribution in [0.1, 0.15) is 16.7 Å². The number of pyridine rings is 1. The van der Waals surface area contributed by atoms with E-state index in [9.17, 15) is 0 Å². The molecule has 4 aromatic carbocycles. The Morgan fingerprint density at radius 3 is 2.62 bits per heavy atom. The minimum Gasteiger partial charge on any atom is -0.489 e. The van der Waals surface area contributed by atoms with Crippen LogP contribution in [0, 0.1) is 0 Å². The lowest BCUT2D eigenvalue weighted by Crippen LogP contribution is -2.25. The van der Waals surface area contributed by atoms with Gasteiger partial charge in [-0.2, -0.15) is 0 Å². The zero-order valence-electron chi connectivity index (χ0n) is 17.8. The predicted octanol–water partition coefficient (Wildman–Crippen LogP) is 6.28. The molecule has 1 aromatic heterocycles. The molecule has 0 bridgehead atoms. The van der Waals surface area contributed by atoms with E-state index in [1.165, 1.54) is 27.3 Å². The Kier molecular flexibility index (Phi) is 4.82. The first kappa shape index (κ1) is 19.0. The van der Waals surface area contributed by atoms with Crippen LogP contribution >= 0.6 is 0 Å². The van der Waals surface area contributed by atoms with E-state index in [2.05, 4.69) is 72.0 Å². The highest BCUT2D eigenvalue weighted by atomic mass is 16.5. The summed E-state index contributed by atoms with van der Waals surface area (Å²) in [6.45, 7) is 2.39. The van der Waals surface area contributed by atoms with E-state index in [1.807, 2.05) is 24.3 Å². The van der Waals surface area contributed by atoms with Crippen molar-refractivity contribution in [3.8, 4) is 17.0 Å². The highest BCUT2D eigenvalue weighted by Gasteiger charge is 2.20. The van der Waals surface area contributed by atoms with Crippen LogP contribution in [-0.2, 0) is 19.6 Å². The van der Waals surface area contributed by atoms with Crippen molar-refractivity contribution < 1.29 is 4.74 Å².